The monoisotopic (exact) mass is 396 g/mol. The summed E-state index contributed by atoms with van der Waals surface area (Å²) in [5, 5.41) is 29.5. The first kappa shape index (κ1) is 21.0. The van der Waals surface area contributed by atoms with E-state index in [1.54, 1.807) is 6.07 Å². The van der Waals surface area contributed by atoms with Crippen LogP contribution in [0.15, 0.2) is 48.0 Å². The number of amides is 1. The van der Waals surface area contributed by atoms with Crippen LogP contribution in [0.25, 0.3) is 6.08 Å². The zero-order chi connectivity index (χ0) is 21.4. The van der Waals surface area contributed by atoms with E-state index in [2.05, 4.69) is 5.32 Å². The molecule has 1 amide bonds. The number of nitrogens with zero attached hydrogens (tertiary/aromatic N) is 1. The van der Waals surface area contributed by atoms with Gasteiger partial charge in [-0.2, -0.15) is 5.26 Å². The lowest BCUT2D eigenvalue weighted by Gasteiger charge is -2.10. The molecule has 0 radical (unpaired) electrons. The SMILES string of the molecule is COc1cc(C=C(C#N)C(=O)Nc2cccc(C(=O)O)c2)ccc1OCC(=O)O. The molecule has 3 N–H and O–H groups in total. The number of nitrogens with one attached hydrogen (secondary N) is 1. The van der Waals surface area contributed by atoms with E-state index < -0.39 is 24.5 Å². The Hall–Kier alpha value is -4.32. The molecule has 2 aromatic rings. The molecule has 0 unspecified atom stereocenters. The van der Waals surface area contributed by atoms with Crippen LogP contribution in [0.5, 0.6) is 11.5 Å². The summed E-state index contributed by atoms with van der Waals surface area (Å²) in [4.78, 5) is 34.0. The molecular weight excluding hydrogens is 380 g/mol. The van der Waals surface area contributed by atoms with E-state index >= 15 is 0 Å². The first-order valence-electron chi connectivity index (χ1n) is 8.13. The number of aromatic carboxylic acids is 1. The minimum Gasteiger partial charge on any atom is -0.493 e. The van der Waals surface area contributed by atoms with Crippen LogP contribution in [0.3, 0.4) is 0 Å². The number of rotatable bonds is 8. The number of methoxy groups -OCH3 is 1. The van der Waals surface area contributed by atoms with Crippen LogP contribution in [-0.2, 0) is 9.59 Å². The third-order valence-electron chi connectivity index (χ3n) is 3.58. The van der Waals surface area contributed by atoms with Gasteiger partial charge in [-0.05, 0) is 42.0 Å². The molecule has 0 saturated heterocycles. The normalized spacial score (nSPS) is 10.6. The van der Waals surface area contributed by atoms with Gasteiger partial charge in [-0.25, -0.2) is 9.59 Å². The fourth-order valence-electron chi connectivity index (χ4n) is 2.28. The van der Waals surface area contributed by atoms with Gasteiger partial charge in [-0.1, -0.05) is 12.1 Å². The van der Waals surface area contributed by atoms with Crippen molar-refractivity contribution in [3.8, 4) is 17.6 Å². The Bertz CT molecular complexity index is 1020. The van der Waals surface area contributed by atoms with Crippen LogP contribution in [0.1, 0.15) is 15.9 Å². The van der Waals surface area contributed by atoms with Crippen molar-refractivity contribution in [2.45, 2.75) is 0 Å². The molecule has 0 fully saturated rings. The predicted molar refractivity (Wildman–Crippen MR) is 102 cm³/mol. The van der Waals surface area contributed by atoms with Gasteiger partial charge in [0.15, 0.2) is 18.1 Å². The second-order valence-electron chi connectivity index (χ2n) is 5.60. The van der Waals surface area contributed by atoms with Gasteiger partial charge >= 0.3 is 11.9 Å². The topological polar surface area (TPSA) is 146 Å². The van der Waals surface area contributed by atoms with E-state index in [4.69, 9.17) is 19.7 Å². The molecule has 0 aliphatic carbocycles. The lowest BCUT2D eigenvalue weighted by atomic mass is 10.1. The van der Waals surface area contributed by atoms with E-state index in [9.17, 15) is 19.6 Å². The average Bonchev–Trinajstić information content (AvgIpc) is 2.70. The van der Waals surface area contributed by atoms with E-state index in [1.807, 2.05) is 0 Å². The highest BCUT2D eigenvalue weighted by molar-refractivity contribution is 6.10. The second kappa shape index (κ2) is 9.57. The number of benzene rings is 2. The third kappa shape index (κ3) is 5.83. The summed E-state index contributed by atoms with van der Waals surface area (Å²) in [7, 11) is 1.36. The molecule has 0 aliphatic heterocycles. The fourth-order valence-corrected chi connectivity index (χ4v) is 2.28. The van der Waals surface area contributed by atoms with Crippen LogP contribution < -0.4 is 14.8 Å². The average molecular weight is 396 g/mol. The van der Waals surface area contributed by atoms with Gasteiger partial charge < -0.3 is 25.0 Å². The van der Waals surface area contributed by atoms with E-state index in [0.29, 0.717) is 5.56 Å². The minimum atomic E-state index is -1.15. The van der Waals surface area contributed by atoms with E-state index in [-0.39, 0.29) is 28.3 Å². The smallest absolute Gasteiger partial charge is 0.341 e. The molecule has 0 saturated carbocycles. The molecule has 2 aromatic carbocycles. The van der Waals surface area contributed by atoms with Crippen molar-refractivity contribution in [3.63, 3.8) is 0 Å². The molecule has 0 aliphatic rings. The summed E-state index contributed by atoms with van der Waals surface area (Å²) < 4.78 is 10.2. The van der Waals surface area contributed by atoms with E-state index in [1.165, 1.54) is 55.7 Å². The molecule has 0 atom stereocenters. The molecule has 2 rings (SSSR count). The first-order chi connectivity index (χ1) is 13.8. The number of carboxylic acids is 2. The number of carboxylic acid groups (broad SMARTS) is 2. The van der Waals surface area contributed by atoms with Crippen molar-refractivity contribution < 1.29 is 34.1 Å². The summed E-state index contributed by atoms with van der Waals surface area (Å²) in [5.74, 6) is -2.59. The van der Waals surface area contributed by atoms with E-state index in [0.717, 1.165) is 0 Å². The number of hydrogen-bond acceptors (Lipinski definition) is 6. The maximum absolute atomic E-state index is 12.4. The van der Waals surface area contributed by atoms with Crippen LogP contribution in [0.2, 0.25) is 0 Å². The van der Waals surface area contributed by atoms with Crippen LogP contribution in [0, 0.1) is 11.3 Å². The Morgan fingerprint density at radius 2 is 1.90 bits per heavy atom. The van der Waals surface area contributed by atoms with Gasteiger partial charge in [0, 0.05) is 5.69 Å². The Balaban J connectivity index is 2.23. The quantitative estimate of drug-likeness (QED) is 0.455. The van der Waals surface area contributed by atoms with Gasteiger partial charge in [0.2, 0.25) is 0 Å². The molecule has 9 heteroatoms. The maximum atomic E-state index is 12.4. The molecule has 0 aromatic heterocycles. The van der Waals surface area contributed by atoms with Crippen molar-refractivity contribution in [2.24, 2.45) is 0 Å². The number of anilines is 1. The number of hydrogen-bond donors (Lipinski definition) is 3. The first-order valence-corrected chi connectivity index (χ1v) is 8.13. The van der Waals surface area contributed by atoms with Crippen molar-refractivity contribution in [1.82, 2.24) is 0 Å². The van der Waals surface area contributed by atoms with Crippen molar-refractivity contribution in [3.05, 3.63) is 59.2 Å². The number of carbonyl (C=O) groups is 3. The fraction of sp³-hybridized carbons (Fsp3) is 0.100. The lowest BCUT2D eigenvalue weighted by molar-refractivity contribution is -0.139. The van der Waals surface area contributed by atoms with Gasteiger partial charge in [0.25, 0.3) is 5.91 Å². The summed E-state index contributed by atoms with van der Waals surface area (Å²) in [5.41, 5.74) is 0.431. The molecule has 9 nitrogen and oxygen atoms in total. The Labute approximate surface area is 165 Å². The largest absolute Gasteiger partial charge is 0.493 e. The molecular formula is C20H16N2O7. The van der Waals surface area contributed by atoms with Gasteiger partial charge in [-0.15, -0.1) is 0 Å². The number of carbonyl (C=O) groups excluding carboxylic acids is 1. The number of aliphatic carboxylic acids is 1. The Kier molecular flexibility index (Phi) is 6.92. The Morgan fingerprint density at radius 3 is 2.52 bits per heavy atom. The molecule has 0 bridgehead atoms. The van der Waals surface area contributed by atoms with Gasteiger partial charge in [0.1, 0.15) is 11.6 Å². The molecule has 0 heterocycles. The van der Waals surface area contributed by atoms with Crippen molar-refractivity contribution >= 4 is 29.6 Å². The van der Waals surface area contributed by atoms with Crippen LogP contribution in [0.4, 0.5) is 5.69 Å². The number of nitriles is 1. The second-order valence-corrected chi connectivity index (χ2v) is 5.60. The minimum absolute atomic E-state index is 0.00743. The highest BCUT2D eigenvalue weighted by Crippen LogP contribution is 2.29. The summed E-state index contributed by atoms with van der Waals surface area (Å²) in [6.07, 6.45) is 1.31. The summed E-state index contributed by atoms with van der Waals surface area (Å²) in [6.45, 7) is -0.549. The predicted octanol–water partition coefficient (Wildman–Crippen LogP) is 2.40. The summed E-state index contributed by atoms with van der Waals surface area (Å²) in [6, 6.07) is 11.9. The standard InChI is InChI=1S/C20H16N2O7/c1-28-17-8-12(5-6-16(17)29-11-18(23)24)7-14(10-21)19(25)22-15-4-2-3-13(9-15)20(26)27/h2-9H,11H2,1H3,(H,22,25)(H,23,24)(H,26,27). The highest BCUT2D eigenvalue weighted by atomic mass is 16.5. The highest BCUT2D eigenvalue weighted by Gasteiger charge is 2.13. The molecule has 148 valence electrons. The lowest BCUT2D eigenvalue weighted by Crippen LogP contribution is -2.14. The van der Waals surface area contributed by atoms with Crippen molar-refractivity contribution in [2.75, 3.05) is 19.0 Å². The van der Waals surface area contributed by atoms with Crippen LogP contribution in [-0.4, -0.2) is 41.8 Å². The van der Waals surface area contributed by atoms with Gasteiger partial charge in [0.05, 0.1) is 12.7 Å². The Morgan fingerprint density at radius 1 is 1.14 bits per heavy atom. The third-order valence-corrected chi connectivity index (χ3v) is 3.58. The summed E-state index contributed by atoms with van der Waals surface area (Å²) >= 11 is 0. The van der Waals surface area contributed by atoms with Crippen molar-refractivity contribution in [1.29, 1.82) is 5.26 Å². The zero-order valence-corrected chi connectivity index (χ0v) is 15.2. The zero-order valence-electron chi connectivity index (χ0n) is 15.2. The van der Waals surface area contributed by atoms with Crippen LogP contribution >= 0.6 is 0 Å². The number of ether oxygens (including phenoxy) is 2. The molecule has 29 heavy (non-hydrogen) atoms. The molecule has 0 spiro atoms. The van der Waals surface area contributed by atoms with Gasteiger partial charge in [-0.3, -0.25) is 4.79 Å². The maximum Gasteiger partial charge on any atom is 0.341 e.